The minimum absolute atomic E-state index is 0.162. The van der Waals surface area contributed by atoms with E-state index in [0.717, 1.165) is 5.56 Å². The lowest BCUT2D eigenvalue weighted by atomic mass is 10.1. The molecule has 2 atom stereocenters. The Labute approximate surface area is 143 Å². The lowest BCUT2D eigenvalue weighted by molar-refractivity contribution is -0.149. The lowest BCUT2D eigenvalue weighted by Gasteiger charge is -2.33. The van der Waals surface area contributed by atoms with Crippen molar-refractivity contribution in [3.05, 3.63) is 29.8 Å². The van der Waals surface area contributed by atoms with Gasteiger partial charge in [-0.25, -0.2) is 0 Å². The van der Waals surface area contributed by atoms with Gasteiger partial charge in [-0.05, 0) is 46.2 Å². The van der Waals surface area contributed by atoms with E-state index in [-0.39, 0.29) is 17.9 Å². The van der Waals surface area contributed by atoms with Gasteiger partial charge in [0.25, 0.3) is 5.91 Å². The highest BCUT2D eigenvalue weighted by Gasteiger charge is 2.44. The van der Waals surface area contributed by atoms with E-state index in [4.69, 9.17) is 10.5 Å². The number of nitrogens with one attached hydrogen (secondary N) is 1. The normalized spacial score (nSPS) is 20.8. The minimum Gasteiger partial charge on any atom is -0.478 e. The summed E-state index contributed by atoms with van der Waals surface area (Å²) in [5.74, 6) is 0.231. The van der Waals surface area contributed by atoms with Gasteiger partial charge >= 0.3 is 0 Å². The van der Waals surface area contributed by atoms with Crippen LogP contribution in [-0.4, -0.2) is 47.5 Å². The molecule has 1 aromatic carbocycles. The number of nitrogens with two attached hydrogens (primary N) is 1. The molecule has 1 saturated heterocycles. The maximum Gasteiger partial charge on any atom is 0.266 e. The number of nitrogens with zero attached hydrogens (tertiary/aromatic N) is 1. The summed E-state index contributed by atoms with van der Waals surface area (Å²) >= 11 is 0. The minimum atomic E-state index is -1.08. The summed E-state index contributed by atoms with van der Waals surface area (Å²) in [6, 6.07) is 6.80. The highest BCUT2D eigenvalue weighted by Crippen LogP contribution is 2.25. The Kier molecular flexibility index (Phi) is 5.49. The number of carbonyl (C=O) groups is 2. The van der Waals surface area contributed by atoms with Crippen LogP contribution in [0.1, 0.15) is 32.8 Å². The van der Waals surface area contributed by atoms with E-state index in [2.05, 4.69) is 5.32 Å². The van der Waals surface area contributed by atoms with Gasteiger partial charge in [0.05, 0.1) is 0 Å². The summed E-state index contributed by atoms with van der Waals surface area (Å²) in [5.41, 5.74) is 6.02. The van der Waals surface area contributed by atoms with Crippen LogP contribution in [0.5, 0.6) is 5.75 Å². The fourth-order valence-electron chi connectivity index (χ4n) is 2.92. The highest BCUT2D eigenvalue weighted by atomic mass is 16.5. The average molecular weight is 333 g/mol. The van der Waals surface area contributed by atoms with Gasteiger partial charge in [0.1, 0.15) is 11.8 Å². The number of aryl methyl sites for hydroxylation is 1. The summed E-state index contributed by atoms with van der Waals surface area (Å²) in [4.78, 5) is 26.7. The largest absolute Gasteiger partial charge is 0.478 e. The molecule has 1 fully saturated rings. The van der Waals surface area contributed by atoms with Crippen molar-refractivity contribution in [3.8, 4) is 5.75 Å². The van der Waals surface area contributed by atoms with Gasteiger partial charge in [-0.2, -0.15) is 0 Å². The van der Waals surface area contributed by atoms with Crippen molar-refractivity contribution in [3.63, 3.8) is 0 Å². The third-order valence-corrected chi connectivity index (χ3v) is 4.16. The Hall–Kier alpha value is -2.08. The van der Waals surface area contributed by atoms with Crippen LogP contribution < -0.4 is 15.8 Å². The molecule has 2 amide bonds. The summed E-state index contributed by atoms with van der Waals surface area (Å²) in [6.07, 6.45) is 0.470. The molecule has 0 saturated carbocycles. The molecule has 132 valence electrons. The second-order valence-corrected chi connectivity index (χ2v) is 6.79. The first-order valence-electron chi connectivity index (χ1n) is 8.34. The van der Waals surface area contributed by atoms with Crippen LogP contribution in [0.2, 0.25) is 0 Å². The quantitative estimate of drug-likeness (QED) is 0.848. The van der Waals surface area contributed by atoms with Crippen molar-refractivity contribution < 1.29 is 14.3 Å². The Morgan fingerprint density at radius 1 is 1.33 bits per heavy atom. The maximum absolute atomic E-state index is 13.0. The highest BCUT2D eigenvalue weighted by molar-refractivity contribution is 5.92. The zero-order valence-corrected chi connectivity index (χ0v) is 14.8. The van der Waals surface area contributed by atoms with Crippen LogP contribution in [0.25, 0.3) is 0 Å². The molecule has 24 heavy (non-hydrogen) atoms. The molecule has 1 aromatic rings. The molecule has 1 aliphatic heterocycles. The molecule has 0 aromatic heterocycles. The van der Waals surface area contributed by atoms with Crippen LogP contribution in [-0.2, 0) is 9.59 Å². The van der Waals surface area contributed by atoms with Crippen molar-refractivity contribution in [1.82, 2.24) is 10.2 Å². The van der Waals surface area contributed by atoms with Crippen molar-refractivity contribution in [2.24, 2.45) is 5.73 Å². The Bertz CT molecular complexity index is 598. The third-order valence-electron chi connectivity index (χ3n) is 4.16. The first-order chi connectivity index (χ1) is 11.2. The summed E-state index contributed by atoms with van der Waals surface area (Å²) in [7, 11) is 0. The van der Waals surface area contributed by atoms with Gasteiger partial charge in [-0.1, -0.05) is 17.7 Å². The molecule has 1 aliphatic rings. The number of rotatable bonds is 5. The fraction of sp³-hybridized carbons (Fsp3) is 0.556. The Morgan fingerprint density at radius 3 is 2.54 bits per heavy atom. The van der Waals surface area contributed by atoms with Crippen LogP contribution in [0.15, 0.2) is 24.3 Å². The summed E-state index contributed by atoms with van der Waals surface area (Å²) < 4.78 is 5.89. The maximum atomic E-state index is 13.0. The zero-order valence-electron chi connectivity index (χ0n) is 14.8. The van der Waals surface area contributed by atoms with E-state index >= 15 is 0 Å². The van der Waals surface area contributed by atoms with Crippen molar-refractivity contribution >= 4 is 11.8 Å². The predicted molar refractivity (Wildman–Crippen MR) is 92.7 cm³/mol. The smallest absolute Gasteiger partial charge is 0.266 e. The number of ether oxygens (including phenoxy) is 1. The van der Waals surface area contributed by atoms with E-state index in [1.54, 1.807) is 18.7 Å². The van der Waals surface area contributed by atoms with Crippen LogP contribution >= 0.6 is 0 Å². The lowest BCUT2D eigenvalue weighted by Crippen LogP contribution is -2.54. The number of hydrogen-bond acceptors (Lipinski definition) is 4. The molecule has 6 heteroatoms. The monoisotopic (exact) mass is 333 g/mol. The molecular formula is C18H27N3O3. The molecule has 0 bridgehead atoms. The SMILES string of the molecule is CCNC(=O)[C@@H]1C[C@@H](N)CN1C(=O)C(C)(C)Oc1ccc(C)cc1. The van der Waals surface area contributed by atoms with Gasteiger partial charge in [0.15, 0.2) is 5.60 Å². The van der Waals surface area contributed by atoms with E-state index in [1.807, 2.05) is 38.1 Å². The fourth-order valence-corrected chi connectivity index (χ4v) is 2.92. The van der Waals surface area contributed by atoms with Crippen LogP contribution in [0.3, 0.4) is 0 Å². The van der Waals surface area contributed by atoms with Gasteiger partial charge in [-0.15, -0.1) is 0 Å². The van der Waals surface area contributed by atoms with Gasteiger partial charge < -0.3 is 20.7 Å². The number of carbonyl (C=O) groups excluding carboxylic acids is 2. The standard InChI is InChI=1S/C18H27N3O3/c1-5-20-16(22)15-10-13(19)11-21(15)17(23)18(3,4)24-14-8-6-12(2)7-9-14/h6-9,13,15H,5,10-11,19H2,1-4H3,(H,20,22)/t13-,15+/m1/s1. The van der Waals surface area contributed by atoms with Gasteiger partial charge in [0, 0.05) is 19.1 Å². The van der Waals surface area contributed by atoms with Crippen molar-refractivity contribution in [1.29, 1.82) is 0 Å². The Balaban J connectivity index is 2.14. The number of benzene rings is 1. The van der Waals surface area contributed by atoms with E-state index < -0.39 is 11.6 Å². The summed E-state index contributed by atoms with van der Waals surface area (Å²) in [5, 5.41) is 2.77. The molecule has 0 spiro atoms. The van der Waals surface area contributed by atoms with E-state index in [0.29, 0.717) is 25.3 Å². The average Bonchev–Trinajstić information content (AvgIpc) is 2.91. The number of likely N-dealkylation sites (N-methyl/N-ethyl adjacent to an activating group) is 1. The van der Waals surface area contributed by atoms with Crippen molar-refractivity contribution in [2.45, 2.75) is 51.8 Å². The molecule has 6 nitrogen and oxygen atoms in total. The molecule has 0 unspecified atom stereocenters. The molecular weight excluding hydrogens is 306 g/mol. The van der Waals surface area contributed by atoms with E-state index in [1.165, 1.54) is 0 Å². The number of likely N-dealkylation sites (tertiary alicyclic amines) is 1. The predicted octanol–water partition coefficient (Wildman–Crippen LogP) is 1.22. The van der Waals surface area contributed by atoms with E-state index in [9.17, 15) is 9.59 Å². The summed E-state index contributed by atoms with van der Waals surface area (Å²) in [6.45, 7) is 8.16. The third kappa shape index (κ3) is 4.06. The molecule has 2 rings (SSSR count). The van der Waals surface area contributed by atoms with Gasteiger partial charge in [-0.3, -0.25) is 9.59 Å². The topological polar surface area (TPSA) is 84.7 Å². The molecule has 0 aliphatic carbocycles. The van der Waals surface area contributed by atoms with Crippen molar-refractivity contribution in [2.75, 3.05) is 13.1 Å². The number of amides is 2. The first-order valence-corrected chi connectivity index (χ1v) is 8.34. The molecule has 0 radical (unpaired) electrons. The second kappa shape index (κ2) is 7.21. The molecule has 3 N–H and O–H groups in total. The van der Waals surface area contributed by atoms with Crippen LogP contribution in [0.4, 0.5) is 0 Å². The second-order valence-electron chi connectivity index (χ2n) is 6.79. The Morgan fingerprint density at radius 2 is 1.96 bits per heavy atom. The van der Waals surface area contributed by atoms with Gasteiger partial charge in [0.2, 0.25) is 5.91 Å². The molecule has 1 heterocycles. The number of hydrogen-bond donors (Lipinski definition) is 2. The first kappa shape index (κ1) is 18.3. The zero-order chi connectivity index (χ0) is 17.9. The van der Waals surface area contributed by atoms with Crippen LogP contribution in [0, 0.1) is 6.92 Å².